The van der Waals surface area contributed by atoms with E-state index in [9.17, 15) is 0 Å². The third-order valence-corrected chi connectivity index (χ3v) is 3.58. The van der Waals surface area contributed by atoms with Gasteiger partial charge in [0.05, 0.1) is 0 Å². The molecule has 0 N–H and O–H groups in total. The average molecular weight is 196 g/mol. The lowest BCUT2D eigenvalue weighted by Gasteiger charge is -2.28. The first kappa shape index (κ1) is 8.96. The minimum absolute atomic E-state index is 0.730. The zero-order chi connectivity index (χ0) is 10.1. The van der Waals surface area contributed by atoms with Crippen LogP contribution in [0.3, 0.4) is 0 Å². The Morgan fingerprint density at radius 1 is 1.00 bits per heavy atom. The second kappa shape index (κ2) is 3.69. The van der Waals surface area contributed by atoms with E-state index in [2.05, 4.69) is 42.5 Å². The first-order valence-corrected chi connectivity index (χ1v) is 5.92. The highest BCUT2D eigenvalue weighted by Gasteiger charge is 2.23. The van der Waals surface area contributed by atoms with Crippen LogP contribution in [0.15, 0.2) is 59.3 Å². The van der Waals surface area contributed by atoms with Gasteiger partial charge in [-0.2, -0.15) is 0 Å². The van der Waals surface area contributed by atoms with E-state index >= 15 is 0 Å². The molecule has 0 spiro atoms. The monoisotopic (exact) mass is 196 g/mol. The van der Waals surface area contributed by atoms with E-state index in [1.165, 1.54) is 36.8 Å². The highest BCUT2D eigenvalue weighted by atomic mass is 14.3. The van der Waals surface area contributed by atoms with Crippen LogP contribution in [0, 0.1) is 5.92 Å². The highest BCUT2D eigenvalue weighted by Crippen LogP contribution is 2.39. The summed E-state index contributed by atoms with van der Waals surface area (Å²) in [4.78, 5) is 0. The van der Waals surface area contributed by atoms with Crippen LogP contribution in [0.4, 0.5) is 0 Å². The van der Waals surface area contributed by atoms with Crippen LogP contribution in [-0.4, -0.2) is 0 Å². The van der Waals surface area contributed by atoms with Crippen molar-refractivity contribution in [3.63, 3.8) is 0 Å². The van der Waals surface area contributed by atoms with Crippen LogP contribution >= 0.6 is 0 Å². The van der Waals surface area contributed by atoms with Gasteiger partial charge in [0.25, 0.3) is 0 Å². The van der Waals surface area contributed by atoms with Crippen molar-refractivity contribution in [1.82, 2.24) is 0 Å². The molecule has 3 aliphatic rings. The van der Waals surface area contributed by atoms with Crippen LogP contribution < -0.4 is 0 Å². The maximum atomic E-state index is 2.40. The van der Waals surface area contributed by atoms with Crippen LogP contribution in [0.25, 0.3) is 0 Å². The Morgan fingerprint density at radius 3 is 3.00 bits per heavy atom. The lowest BCUT2D eigenvalue weighted by atomic mass is 9.76. The lowest BCUT2D eigenvalue weighted by molar-refractivity contribution is 0.513. The van der Waals surface area contributed by atoms with Gasteiger partial charge in [-0.05, 0) is 36.3 Å². The van der Waals surface area contributed by atoms with Crippen molar-refractivity contribution in [2.24, 2.45) is 5.92 Å². The zero-order valence-electron chi connectivity index (χ0n) is 8.95. The molecule has 1 saturated carbocycles. The number of hydrogen-bond acceptors (Lipinski definition) is 0. The molecule has 0 aliphatic heterocycles. The average Bonchev–Trinajstić information content (AvgIpc) is 2.54. The van der Waals surface area contributed by atoms with Crippen LogP contribution in [0.2, 0.25) is 0 Å². The van der Waals surface area contributed by atoms with Crippen LogP contribution in [0.5, 0.6) is 0 Å². The Labute approximate surface area is 91.4 Å². The fraction of sp³-hybridized carbons (Fsp3) is 0.333. The molecule has 0 nitrogen and oxygen atoms in total. The molecule has 3 rings (SSSR count). The maximum Gasteiger partial charge on any atom is -0.00107 e. The van der Waals surface area contributed by atoms with Crippen molar-refractivity contribution >= 4 is 0 Å². The Balaban J connectivity index is 2.09. The third-order valence-electron chi connectivity index (χ3n) is 3.58. The fourth-order valence-electron chi connectivity index (χ4n) is 2.80. The lowest BCUT2D eigenvalue weighted by Crippen LogP contribution is -2.13. The Hall–Kier alpha value is -1.30. The summed E-state index contributed by atoms with van der Waals surface area (Å²) in [5, 5.41) is 0. The predicted octanol–water partition coefficient (Wildman–Crippen LogP) is 4.10. The minimum Gasteiger partial charge on any atom is -0.0767 e. The van der Waals surface area contributed by atoms with Gasteiger partial charge in [-0.15, -0.1) is 0 Å². The van der Waals surface area contributed by atoms with Gasteiger partial charge in [0, 0.05) is 0 Å². The van der Waals surface area contributed by atoms with E-state index in [0.717, 1.165) is 5.92 Å². The molecule has 0 heteroatoms. The SMILES string of the molecule is C1=CC=C2C=CC3CCCCC3=C2C=C1. The van der Waals surface area contributed by atoms with Gasteiger partial charge in [-0.1, -0.05) is 54.5 Å². The smallest absolute Gasteiger partial charge is 0.00107 e. The molecule has 76 valence electrons. The third kappa shape index (κ3) is 1.54. The minimum atomic E-state index is 0.730. The molecule has 0 aromatic rings. The van der Waals surface area contributed by atoms with E-state index in [4.69, 9.17) is 0 Å². The van der Waals surface area contributed by atoms with Crippen molar-refractivity contribution in [2.45, 2.75) is 25.7 Å². The van der Waals surface area contributed by atoms with Gasteiger partial charge >= 0.3 is 0 Å². The maximum absolute atomic E-state index is 2.40. The molecular weight excluding hydrogens is 180 g/mol. The summed E-state index contributed by atoms with van der Waals surface area (Å²) in [6.45, 7) is 0. The summed E-state index contributed by atoms with van der Waals surface area (Å²) in [6.07, 6.45) is 21.0. The molecule has 15 heavy (non-hydrogen) atoms. The topological polar surface area (TPSA) is 0 Å². The van der Waals surface area contributed by atoms with Gasteiger partial charge in [-0.3, -0.25) is 0 Å². The van der Waals surface area contributed by atoms with Crippen LogP contribution in [-0.2, 0) is 0 Å². The summed E-state index contributed by atoms with van der Waals surface area (Å²) < 4.78 is 0. The van der Waals surface area contributed by atoms with E-state index in [-0.39, 0.29) is 0 Å². The Bertz CT molecular complexity index is 413. The zero-order valence-corrected chi connectivity index (χ0v) is 8.95. The number of allylic oxidation sites excluding steroid dienone is 10. The van der Waals surface area contributed by atoms with Crippen molar-refractivity contribution < 1.29 is 0 Å². The Morgan fingerprint density at radius 2 is 2.00 bits per heavy atom. The molecule has 0 saturated heterocycles. The van der Waals surface area contributed by atoms with Crippen molar-refractivity contribution in [3.05, 3.63) is 59.3 Å². The quantitative estimate of drug-likeness (QED) is 0.547. The largest absolute Gasteiger partial charge is 0.0767 e. The van der Waals surface area contributed by atoms with E-state index in [0.29, 0.717) is 0 Å². The van der Waals surface area contributed by atoms with Gasteiger partial charge < -0.3 is 0 Å². The normalized spacial score (nSPS) is 28.3. The standard InChI is InChI=1S/C15H16/c1-2-6-12-10-11-13-7-4-5-9-15(13)14(12)8-3-1/h1-3,6,8,10-11,13H,4-5,7,9H2. The van der Waals surface area contributed by atoms with E-state index in [1.54, 1.807) is 5.57 Å². The second-order valence-electron chi connectivity index (χ2n) is 4.52. The molecular formula is C15H16. The first-order valence-electron chi connectivity index (χ1n) is 5.92. The fourth-order valence-corrected chi connectivity index (χ4v) is 2.80. The highest BCUT2D eigenvalue weighted by molar-refractivity contribution is 5.56. The molecule has 1 fully saturated rings. The summed E-state index contributed by atoms with van der Waals surface area (Å²) in [6, 6.07) is 0. The summed E-state index contributed by atoms with van der Waals surface area (Å²) >= 11 is 0. The molecule has 0 radical (unpaired) electrons. The molecule has 3 aliphatic carbocycles. The molecule has 0 aromatic carbocycles. The second-order valence-corrected chi connectivity index (χ2v) is 4.52. The molecule has 1 unspecified atom stereocenters. The van der Waals surface area contributed by atoms with E-state index in [1.807, 2.05) is 0 Å². The number of rotatable bonds is 0. The Kier molecular flexibility index (Phi) is 2.21. The summed E-state index contributed by atoms with van der Waals surface area (Å²) in [7, 11) is 0. The summed E-state index contributed by atoms with van der Waals surface area (Å²) in [5.41, 5.74) is 4.57. The van der Waals surface area contributed by atoms with Crippen molar-refractivity contribution in [3.8, 4) is 0 Å². The van der Waals surface area contributed by atoms with Crippen LogP contribution in [0.1, 0.15) is 25.7 Å². The van der Waals surface area contributed by atoms with Gasteiger partial charge in [0.1, 0.15) is 0 Å². The van der Waals surface area contributed by atoms with Crippen molar-refractivity contribution in [2.75, 3.05) is 0 Å². The first-order chi connectivity index (χ1) is 7.45. The number of fused-ring (bicyclic) bond motifs is 2. The van der Waals surface area contributed by atoms with Gasteiger partial charge in [-0.25, -0.2) is 0 Å². The van der Waals surface area contributed by atoms with Crippen molar-refractivity contribution in [1.29, 1.82) is 0 Å². The van der Waals surface area contributed by atoms with Gasteiger partial charge in [0.2, 0.25) is 0 Å². The predicted molar refractivity (Wildman–Crippen MR) is 64.5 cm³/mol. The molecule has 0 amide bonds. The van der Waals surface area contributed by atoms with E-state index < -0.39 is 0 Å². The summed E-state index contributed by atoms with van der Waals surface area (Å²) in [5.74, 6) is 0.730. The number of hydrogen-bond donors (Lipinski definition) is 0. The molecule has 0 aromatic heterocycles. The van der Waals surface area contributed by atoms with Gasteiger partial charge in [0.15, 0.2) is 0 Å². The molecule has 0 heterocycles. The molecule has 1 atom stereocenters. The molecule has 0 bridgehead atoms.